The van der Waals surface area contributed by atoms with Gasteiger partial charge in [-0.3, -0.25) is 4.79 Å². The summed E-state index contributed by atoms with van der Waals surface area (Å²) in [6, 6.07) is 0. The van der Waals surface area contributed by atoms with Crippen LogP contribution in [0.25, 0.3) is 0 Å². The summed E-state index contributed by atoms with van der Waals surface area (Å²) < 4.78 is 0. The van der Waals surface area contributed by atoms with Gasteiger partial charge in [-0.25, -0.2) is 0 Å². The highest BCUT2D eigenvalue weighted by Crippen LogP contribution is 2.28. The summed E-state index contributed by atoms with van der Waals surface area (Å²) in [7, 11) is 0. The molecular weight excluding hydrogens is 170 g/mol. The predicted molar refractivity (Wildman–Crippen MR) is 48.5 cm³/mol. The van der Waals surface area contributed by atoms with Crippen LogP contribution in [-0.4, -0.2) is 34.9 Å². The molecule has 0 aromatic carbocycles. The fourth-order valence-electron chi connectivity index (χ4n) is 1.73. The SMILES string of the molecule is O=C(O)CCNCC1(O)CCCC1. The van der Waals surface area contributed by atoms with E-state index in [1.54, 1.807) is 0 Å². The van der Waals surface area contributed by atoms with Crippen LogP contribution < -0.4 is 5.32 Å². The Labute approximate surface area is 78.0 Å². The first-order chi connectivity index (χ1) is 6.12. The fourth-order valence-corrected chi connectivity index (χ4v) is 1.73. The number of carboxylic acid groups (broad SMARTS) is 1. The summed E-state index contributed by atoms with van der Waals surface area (Å²) in [5.74, 6) is -0.800. The summed E-state index contributed by atoms with van der Waals surface area (Å²) in [5.41, 5.74) is -0.571. The zero-order valence-corrected chi connectivity index (χ0v) is 7.75. The minimum atomic E-state index is -0.800. The topological polar surface area (TPSA) is 69.6 Å². The molecular formula is C9H17NO3. The Morgan fingerprint density at radius 2 is 2.00 bits per heavy atom. The van der Waals surface area contributed by atoms with E-state index in [4.69, 9.17) is 5.11 Å². The van der Waals surface area contributed by atoms with Crippen LogP contribution >= 0.6 is 0 Å². The van der Waals surface area contributed by atoms with Gasteiger partial charge in [0.25, 0.3) is 0 Å². The lowest BCUT2D eigenvalue weighted by molar-refractivity contribution is -0.136. The highest BCUT2D eigenvalue weighted by Gasteiger charge is 2.30. The molecule has 1 saturated carbocycles. The minimum absolute atomic E-state index is 0.121. The Morgan fingerprint density at radius 1 is 1.38 bits per heavy atom. The van der Waals surface area contributed by atoms with Crippen molar-refractivity contribution in [3.05, 3.63) is 0 Å². The summed E-state index contributed by atoms with van der Waals surface area (Å²) in [6.07, 6.45) is 3.96. The molecule has 1 fully saturated rings. The molecule has 3 N–H and O–H groups in total. The van der Waals surface area contributed by atoms with E-state index in [1.807, 2.05) is 0 Å². The normalized spacial score (nSPS) is 20.4. The second-order valence-electron chi connectivity index (χ2n) is 3.75. The van der Waals surface area contributed by atoms with E-state index in [-0.39, 0.29) is 6.42 Å². The third-order valence-electron chi connectivity index (χ3n) is 2.50. The Bertz CT molecular complexity index is 176. The first-order valence-electron chi connectivity index (χ1n) is 4.77. The number of aliphatic carboxylic acids is 1. The third-order valence-corrected chi connectivity index (χ3v) is 2.50. The summed E-state index contributed by atoms with van der Waals surface area (Å²) in [6.45, 7) is 0.970. The van der Waals surface area contributed by atoms with Crippen LogP contribution in [0.4, 0.5) is 0 Å². The highest BCUT2D eigenvalue weighted by molar-refractivity contribution is 5.66. The molecule has 0 unspecified atom stereocenters. The number of carbonyl (C=O) groups is 1. The van der Waals surface area contributed by atoms with Gasteiger partial charge in [0, 0.05) is 13.1 Å². The second kappa shape index (κ2) is 4.58. The van der Waals surface area contributed by atoms with E-state index in [9.17, 15) is 9.90 Å². The molecule has 13 heavy (non-hydrogen) atoms. The number of hydrogen-bond donors (Lipinski definition) is 3. The van der Waals surface area contributed by atoms with Gasteiger partial charge < -0.3 is 15.5 Å². The van der Waals surface area contributed by atoms with Crippen LogP contribution in [0.2, 0.25) is 0 Å². The molecule has 0 aromatic rings. The van der Waals surface area contributed by atoms with E-state index in [0.29, 0.717) is 13.1 Å². The van der Waals surface area contributed by atoms with Crippen molar-refractivity contribution in [3.8, 4) is 0 Å². The summed E-state index contributed by atoms with van der Waals surface area (Å²) in [5, 5.41) is 21.2. The van der Waals surface area contributed by atoms with Gasteiger partial charge in [0.2, 0.25) is 0 Å². The molecule has 0 atom stereocenters. The van der Waals surface area contributed by atoms with Crippen molar-refractivity contribution < 1.29 is 15.0 Å². The van der Waals surface area contributed by atoms with Crippen LogP contribution in [0.15, 0.2) is 0 Å². The van der Waals surface area contributed by atoms with Crippen LogP contribution in [0.1, 0.15) is 32.1 Å². The summed E-state index contributed by atoms with van der Waals surface area (Å²) in [4.78, 5) is 10.2. The number of hydrogen-bond acceptors (Lipinski definition) is 3. The number of carboxylic acids is 1. The van der Waals surface area contributed by atoms with Gasteiger partial charge in [-0.1, -0.05) is 12.8 Å². The van der Waals surface area contributed by atoms with Gasteiger partial charge >= 0.3 is 5.97 Å². The molecule has 0 saturated heterocycles. The molecule has 1 aliphatic carbocycles. The van der Waals surface area contributed by atoms with E-state index in [1.165, 1.54) is 0 Å². The Morgan fingerprint density at radius 3 is 2.54 bits per heavy atom. The molecule has 0 radical (unpaired) electrons. The zero-order chi connectivity index (χ0) is 9.73. The van der Waals surface area contributed by atoms with Gasteiger partial charge in [0.15, 0.2) is 0 Å². The standard InChI is InChI=1S/C9H17NO3/c11-8(12)3-6-10-7-9(13)4-1-2-5-9/h10,13H,1-7H2,(H,11,12). The van der Waals surface area contributed by atoms with E-state index in [0.717, 1.165) is 25.7 Å². The first-order valence-corrected chi connectivity index (χ1v) is 4.77. The Kier molecular flexibility index (Phi) is 3.69. The predicted octanol–water partition coefficient (Wildman–Crippen LogP) is 0.356. The van der Waals surface area contributed by atoms with Gasteiger partial charge in [-0.05, 0) is 12.8 Å². The minimum Gasteiger partial charge on any atom is -0.481 e. The van der Waals surface area contributed by atoms with Gasteiger partial charge in [0.1, 0.15) is 0 Å². The van der Waals surface area contributed by atoms with Crippen molar-refractivity contribution in [3.63, 3.8) is 0 Å². The molecule has 4 nitrogen and oxygen atoms in total. The largest absolute Gasteiger partial charge is 0.481 e. The molecule has 0 heterocycles. The lowest BCUT2D eigenvalue weighted by Gasteiger charge is -2.22. The maximum absolute atomic E-state index is 10.2. The Balaban J connectivity index is 2.07. The number of aliphatic hydroxyl groups is 1. The number of rotatable bonds is 5. The number of nitrogens with one attached hydrogen (secondary N) is 1. The average molecular weight is 187 g/mol. The molecule has 1 rings (SSSR count). The monoisotopic (exact) mass is 187 g/mol. The maximum Gasteiger partial charge on any atom is 0.304 e. The average Bonchev–Trinajstić information content (AvgIpc) is 2.47. The van der Waals surface area contributed by atoms with Crippen molar-refractivity contribution in [2.75, 3.05) is 13.1 Å². The molecule has 76 valence electrons. The third kappa shape index (κ3) is 3.74. The molecule has 0 spiro atoms. The quantitative estimate of drug-likeness (QED) is 0.543. The van der Waals surface area contributed by atoms with E-state index < -0.39 is 11.6 Å². The Hall–Kier alpha value is -0.610. The molecule has 1 aliphatic rings. The smallest absolute Gasteiger partial charge is 0.304 e. The molecule has 0 aromatic heterocycles. The molecule has 0 bridgehead atoms. The maximum atomic E-state index is 10.2. The molecule has 0 amide bonds. The fraction of sp³-hybridized carbons (Fsp3) is 0.889. The van der Waals surface area contributed by atoms with Gasteiger partial charge in [0.05, 0.1) is 12.0 Å². The second-order valence-corrected chi connectivity index (χ2v) is 3.75. The van der Waals surface area contributed by atoms with Crippen LogP contribution in [0, 0.1) is 0 Å². The van der Waals surface area contributed by atoms with Crippen molar-refractivity contribution in [2.45, 2.75) is 37.7 Å². The lowest BCUT2D eigenvalue weighted by atomic mass is 10.0. The van der Waals surface area contributed by atoms with Crippen LogP contribution in [-0.2, 0) is 4.79 Å². The summed E-state index contributed by atoms with van der Waals surface area (Å²) >= 11 is 0. The molecule has 0 aliphatic heterocycles. The van der Waals surface area contributed by atoms with Crippen molar-refractivity contribution in [2.24, 2.45) is 0 Å². The van der Waals surface area contributed by atoms with E-state index >= 15 is 0 Å². The van der Waals surface area contributed by atoms with Gasteiger partial charge in [-0.2, -0.15) is 0 Å². The van der Waals surface area contributed by atoms with Gasteiger partial charge in [-0.15, -0.1) is 0 Å². The first kappa shape index (κ1) is 10.5. The van der Waals surface area contributed by atoms with Crippen molar-refractivity contribution in [1.82, 2.24) is 5.32 Å². The molecule has 4 heteroatoms. The highest BCUT2D eigenvalue weighted by atomic mass is 16.4. The van der Waals surface area contributed by atoms with Crippen molar-refractivity contribution in [1.29, 1.82) is 0 Å². The van der Waals surface area contributed by atoms with E-state index in [2.05, 4.69) is 5.32 Å². The lowest BCUT2D eigenvalue weighted by Crippen LogP contribution is -2.38. The van der Waals surface area contributed by atoms with Crippen molar-refractivity contribution >= 4 is 5.97 Å². The van der Waals surface area contributed by atoms with Crippen LogP contribution in [0.5, 0.6) is 0 Å². The van der Waals surface area contributed by atoms with Crippen LogP contribution in [0.3, 0.4) is 0 Å². The zero-order valence-electron chi connectivity index (χ0n) is 7.75.